The van der Waals surface area contributed by atoms with Crippen molar-refractivity contribution >= 4 is 11.6 Å². The van der Waals surface area contributed by atoms with E-state index < -0.39 is 0 Å². The molecule has 1 rings (SSSR count). The highest BCUT2D eigenvalue weighted by Gasteiger charge is 2.13. The van der Waals surface area contributed by atoms with Gasteiger partial charge >= 0.3 is 0 Å². The first-order valence-electron chi connectivity index (χ1n) is 6.72. The van der Waals surface area contributed by atoms with E-state index in [2.05, 4.69) is 17.2 Å². The van der Waals surface area contributed by atoms with Crippen LogP contribution in [0.5, 0.6) is 0 Å². The van der Waals surface area contributed by atoms with Gasteiger partial charge in [-0.25, -0.2) is 0 Å². The third-order valence-electron chi connectivity index (χ3n) is 2.89. The standard InChI is InChI=1S/C14H23N3O/c1-4-7-9-15-12-8-10-16-13(11-12)14(18)17(5-2)6-3/h8,10-11H,4-7,9H2,1-3H3,(H,15,16). The van der Waals surface area contributed by atoms with E-state index in [-0.39, 0.29) is 5.91 Å². The van der Waals surface area contributed by atoms with Gasteiger partial charge in [-0.1, -0.05) is 13.3 Å². The highest BCUT2D eigenvalue weighted by atomic mass is 16.2. The zero-order chi connectivity index (χ0) is 13.4. The van der Waals surface area contributed by atoms with E-state index in [0.29, 0.717) is 18.8 Å². The van der Waals surface area contributed by atoms with Crippen LogP contribution in [0.2, 0.25) is 0 Å². The van der Waals surface area contributed by atoms with E-state index in [4.69, 9.17) is 0 Å². The number of nitrogens with zero attached hydrogens (tertiary/aromatic N) is 2. The molecule has 0 aromatic carbocycles. The molecule has 0 spiro atoms. The molecule has 1 N–H and O–H groups in total. The SMILES string of the molecule is CCCCNc1ccnc(C(=O)N(CC)CC)c1. The van der Waals surface area contributed by atoms with Gasteiger partial charge < -0.3 is 10.2 Å². The molecule has 1 heterocycles. The van der Waals surface area contributed by atoms with Crippen molar-refractivity contribution in [1.29, 1.82) is 0 Å². The maximum absolute atomic E-state index is 12.1. The van der Waals surface area contributed by atoms with Gasteiger partial charge in [0.1, 0.15) is 5.69 Å². The summed E-state index contributed by atoms with van der Waals surface area (Å²) in [5.74, 6) is -0.000795. The number of anilines is 1. The van der Waals surface area contributed by atoms with Crippen LogP contribution in [0.4, 0.5) is 5.69 Å². The molecule has 0 radical (unpaired) electrons. The van der Waals surface area contributed by atoms with Crippen LogP contribution in [0.1, 0.15) is 44.1 Å². The summed E-state index contributed by atoms with van der Waals surface area (Å²) in [6.45, 7) is 8.47. The quantitative estimate of drug-likeness (QED) is 0.756. The summed E-state index contributed by atoms with van der Waals surface area (Å²) in [6.07, 6.45) is 3.97. The van der Waals surface area contributed by atoms with Crippen LogP contribution in [0.15, 0.2) is 18.3 Å². The molecule has 0 unspecified atom stereocenters. The molecule has 100 valence electrons. The maximum Gasteiger partial charge on any atom is 0.272 e. The molecule has 0 aliphatic heterocycles. The summed E-state index contributed by atoms with van der Waals surface area (Å²) < 4.78 is 0. The van der Waals surface area contributed by atoms with Gasteiger partial charge in [0, 0.05) is 31.5 Å². The number of hydrogen-bond donors (Lipinski definition) is 1. The number of aromatic nitrogens is 1. The molecule has 0 bridgehead atoms. The molecule has 0 atom stereocenters. The molecule has 1 amide bonds. The number of rotatable bonds is 7. The molecule has 4 heteroatoms. The van der Waals surface area contributed by atoms with Crippen molar-refractivity contribution in [2.45, 2.75) is 33.6 Å². The third kappa shape index (κ3) is 4.02. The normalized spacial score (nSPS) is 10.2. The van der Waals surface area contributed by atoms with E-state index in [1.165, 1.54) is 0 Å². The average Bonchev–Trinajstić information content (AvgIpc) is 2.41. The predicted molar refractivity (Wildman–Crippen MR) is 74.9 cm³/mol. The van der Waals surface area contributed by atoms with Crippen LogP contribution < -0.4 is 5.32 Å². The molecule has 1 aromatic rings. The minimum absolute atomic E-state index is 0.000795. The van der Waals surface area contributed by atoms with Gasteiger partial charge in [0.05, 0.1) is 0 Å². The molecule has 0 aliphatic carbocycles. The third-order valence-corrected chi connectivity index (χ3v) is 2.89. The number of hydrogen-bond acceptors (Lipinski definition) is 3. The van der Waals surface area contributed by atoms with Crippen molar-refractivity contribution in [1.82, 2.24) is 9.88 Å². The lowest BCUT2D eigenvalue weighted by molar-refractivity contribution is 0.0767. The van der Waals surface area contributed by atoms with Gasteiger partial charge in [0.15, 0.2) is 0 Å². The summed E-state index contributed by atoms with van der Waals surface area (Å²) >= 11 is 0. The van der Waals surface area contributed by atoms with Gasteiger partial charge in [-0.2, -0.15) is 0 Å². The Kier molecular flexibility index (Phi) is 6.19. The number of unbranched alkanes of at least 4 members (excludes halogenated alkanes) is 1. The van der Waals surface area contributed by atoms with Crippen LogP contribution in [-0.4, -0.2) is 35.4 Å². The smallest absolute Gasteiger partial charge is 0.272 e. The molecule has 0 saturated heterocycles. The fourth-order valence-electron chi connectivity index (χ4n) is 1.74. The van der Waals surface area contributed by atoms with Crippen LogP contribution >= 0.6 is 0 Å². The summed E-state index contributed by atoms with van der Waals surface area (Å²) in [5.41, 5.74) is 1.48. The summed E-state index contributed by atoms with van der Waals surface area (Å²) in [6, 6.07) is 3.73. The van der Waals surface area contributed by atoms with Gasteiger partial charge in [-0.05, 0) is 32.4 Å². The molecule has 0 fully saturated rings. The summed E-state index contributed by atoms with van der Waals surface area (Å²) in [5, 5.41) is 3.31. The summed E-state index contributed by atoms with van der Waals surface area (Å²) in [7, 11) is 0. The fourth-order valence-corrected chi connectivity index (χ4v) is 1.74. The van der Waals surface area contributed by atoms with Crippen LogP contribution in [0, 0.1) is 0 Å². The van der Waals surface area contributed by atoms with E-state index >= 15 is 0 Å². The van der Waals surface area contributed by atoms with Crippen LogP contribution in [-0.2, 0) is 0 Å². The predicted octanol–water partition coefficient (Wildman–Crippen LogP) is 2.78. The van der Waals surface area contributed by atoms with E-state index in [1.807, 2.05) is 26.0 Å². The van der Waals surface area contributed by atoms with Gasteiger partial charge in [0.25, 0.3) is 5.91 Å². The molecule has 18 heavy (non-hydrogen) atoms. The van der Waals surface area contributed by atoms with Crippen molar-refractivity contribution < 1.29 is 4.79 Å². The van der Waals surface area contributed by atoms with E-state index in [0.717, 1.165) is 25.1 Å². The minimum Gasteiger partial charge on any atom is -0.385 e. The number of amides is 1. The molecular weight excluding hydrogens is 226 g/mol. The van der Waals surface area contributed by atoms with Crippen molar-refractivity contribution in [2.24, 2.45) is 0 Å². The number of carbonyl (C=O) groups is 1. The first kappa shape index (κ1) is 14.5. The van der Waals surface area contributed by atoms with Crippen molar-refractivity contribution in [3.05, 3.63) is 24.0 Å². The zero-order valence-corrected chi connectivity index (χ0v) is 11.6. The molecule has 4 nitrogen and oxygen atoms in total. The second kappa shape index (κ2) is 7.69. The Balaban J connectivity index is 2.71. The highest BCUT2D eigenvalue weighted by molar-refractivity contribution is 5.93. The molecule has 0 saturated carbocycles. The fraction of sp³-hybridized carbons (Fsp3) is 0.571. The van der Waals surface area contributed by atoms with Crippen molar-refractivity contribution in [2.75, 3.05) is 25.0 Å². The molecular formula is C14H23N3O. The Labute approximate surface area is 109 Å². The lowest BCUT2D eigenvalue weighted by Crippen LogP contribution is -2.31. The number of carbonyl (C=O) groups excluding carboxylic acids is 1. The number of nitrogens with one attached hydrogen (secondary N) is 1. The van der Waals surface area contributed by atoms with Crippen LogP contribution in [0.25, 0.3) is 0 Å². The molecule has 0 aliphatic rings. The monoisotopic (exact) mass is 249 g/mol. The average molecular weight is 249 g/mol. The Bertz CT molecular complexity index is 375. The maximum atomic E-state index is 12.1. The van der Waals surface area contributed by atoms with Crippen molar-refractivity contribution in [3.63, 3.8) is 0 Å². The van der Waals surface area contributed by atoms with Gasteiger partial charge in [0.2, 0.25) is 0 Å². The summed E-state index contributed by atoms with van der Waals surface area (Å²) in [4.78, 5) is 18.1. The zero-order valence-electron chi connectivity index (χ0n) is 11.6. The highest BCUT2D eigenvalue weighted by Crippen LogP contribution is 2.10. The second-order valence-electron chi connectivity index (χ2n) is 4.19. The van der Waals surface area contributed by atoms with Gasteiger partial charge in [-0.3, -0.25) is 9.78 Å². The van der Waals surface area contributed by atoms with E-state index in [1.54, 1.807) is 11.1 Å². The van der Waals surface area contributed by atoms with Crippen molar-refractivity contribution in [3.8, 4) is 0 Å². The van der Waals surface area contributed by atoms with Crippen LogP contribution in [0.3, 0.4) is 0 Å². The Hall–Kier alpha value is -1.58. The lowest BCUT2D eigenvalue weighted by atomic mass is 10.2. The Morgan fingerprint density at radius 2 is 2.06 bits per heavy atom. The second-order valence-corrected chi connectivity index (χ2v) is 4.19. The minimum atomic E-state index is -0.000795. The number of pyridine rings is 1. The van der Waals surface area contributed by atoms with Gasteiger partial charge in [-0.15, -0.1) is 0 Å². The lowest BCUT2D eigenvalue weighted by Gasteiger charge is -2.18. The largest absolute Gasteiger partial charge is 0.385 e. The topological polar surface area (TPSA) is 45.2 Å². The first-order valence-corrected chi connectivity index (χ1v) is 6.72. The first-order chi connectivity index (χ1) is 8.72. The molecule has 1 aromatic heterocycles. The van der Waals surface area contributed by atoms with E-state index in [9.17, 15) is 4.79 Å². The Morgan fingerprint density at radius 3 is 2.67 bits per heavy atom. The Morgan fingerprint density at radius 1 is 1.33 bits per heavy atom.